The number of guanidine groups is 1. The quantitative estimate of drug-likeness (QED) is 0.268. The lowest BCUT2D eigenvalue weighted by molar-refractivity contribution is 0.373. The van der Waals surface area contributed by atoms with Gasteiger partial charge in [0.05, 0.1) is 13.7 Å². The number of aliphatic imine (C=N–C) groups is 1. The van der Waals surface area contributed by atoms with Crippen LogP contribution in [-0.4, -0.2) is 24.7 Å². The molecule has 0 radical (unpaired) electrons. The van der Waals surface area contributed by atoms with Crippen molar-refractivity contribution in [3.63, 3.8) is 0 Å². The monoisotopic (exact) mass is 407 g/mol. The summed E-state index contributed by atoms with van der Waals surface area (Å²) in [6.45, 7) is 3.47. The second-order valence-electron chi connectivity index (χ2n) is 4.70. The highest BCUT2D eigenvalue weighted by molar-refractivity contribution is 14.0. The number of ether oxygens (including phenoxy) is 1. The molecule has 5 nitrogen and oxygen atoms in total. The molecule has 0 unspecified atom stereocenters. The summed E-state index contributed by atoms with van der Waals surface area (Å²) < 4.78 is 4.99. The van der Waals surface area contributed by atoms with E-state index >= 15 is 0 Å². The van der Waals surface area contributed by atoms with Crippen LogP contribution >= 0.6 is 24.0 Å². The van der Waals surface area contributed by atoms with Crippen LogP contribution in [0.1, 0.15) is 38.2 Å². The molecule has 0 spiro atoms. The lowest BCUT2D eigenvalue weighted by Gasteiger charge is -2.07. The third kappa shape index (κ3) is 7.99. The van der Waals surface area contributed by atoms with Gasteiger partial charge in [-0.3, -0.25) is 0 Å². The number of rotatable bonds is 8. The summed E-state index contributed by atoms with van der Waals surface area (Å²) in [4.78, 5) is 4.24. The summed E-state index contributed by atoms with van der Waals surface area (Å²) in [5.74, 6) is 1.02. The van der Waals surface area contributed by atoms with E-state index in [9.17, 15) is 5.11 Å². The number of halogens is 1. The normalized spacial score (nSPS) is 10.9. The van der Waals surface area contributed by atoms with Gasteiger partial charge in [0.1, 0.15) is 0 Å². The highest BCUT2D eigenvalue weighted by Crippen LogP contribution is 2.26. The van der Waals surface area contributed by atoms with Gasteiger partial charge >= 0.3 is 0 Å². The van der Waals surface area contributed by atoms with Crippen LogP contribution in [0.4, 0.5) is 0 Å². The first-order valence-electron chi connectivity index (χ1n) is 7.07. The Morgan fingerprint density at radius 1 is 1.33 bits per heavy atom. The van der Waals surface area contributed by atoms with E-state index in [1.54, 1.807) is 12.1 Å². The van der Waals surface area contributed by atoms with Crippen molar-refractivity contribution >= 4 is 29.9 Å². The second-order valence-corrected chi connectivity index (χ2v) is 4.70. The van der Waals surface area contributed by atoms with Crippen molar-refractivity contribution < 1.29 is 9.84 Å². The van der Waals surface area contributed by atoms with Crippen molar-refractivity contribution in [3.05, 3.63) is 23.8 Å². The maximum absolute atomic E-state index is 9.66. The number of hydrogen-bond acceptors (Lipinski definition) is 3. The van der Waals surface area contributed by atoms with Gasteiger partial charge in [0, 0.05) is 6.54 Å². The van der Waals surface area contributed by atoms with Crippen LogP contribution < -0.4 is 15.8 Å². The van der Waals surface area contributed by atoms with Crippen molar-refractivity contribution in [1.82, 2.24) is 5.32 Å². The first kappa shape index (κ1) is 19.8. The van der Waals surface area contributed by atoms with Crippen LogP contribution in [0, 0.1) is 0 Å². The smallest absolute Gasteiger partial charge is 0.188 e. The van der Waals surface area contributed by atoms with E-state index in [1.807, 2.05) is 6.07 Å². The van der Waals surface area contributed by atoms with E-state index in [-0.39, 0.29) is 29.7 Å². The van der Waals surface area contributed by atoms with Gasteiger partial charge in [-0.1, -0.05) is 32.3 Å². The van der Waals surface area contributed by atoms with E-state index in [0.29, 0.717) is 18.3 Å². The molecule has 0 atom stereocenters. The van der Waals surface area contributed by atoms with E-state index < -0.39 is 0 Å². The van der Waals surface area contributed by atoms with E-state index in [0.717, 1.165) is 18.5 Å². The molecule has 0 saturated heterocycles. The van der Waals surface area contributed by atoms with Gasteiger partial charge in [-0.15, -0.1) is 24.0 Å². The summed E-state index contributed by atoms with van der Waals surface area (Å²) in [6.07, 6.45) is 4.80. The van der Waals surface area contributed by atoms with Crippen LogP contribution in [0.2, 0.25) is 0 Å². The number of benzene rings is 1. The number of phenols is 1. The van der Waals surface area contributed by atoms with Crippen LogP contribution in [-0.2, 0) is 6.54 Å². The van der Waals surface area contributed by atoms with E-state index in [4.69, 9.17) is 10.5 Å². The predicted octanol–water partition coefficient (Wildman–Crippen LogP) is 3.00. The average molecular weight is 407 g/mol. The first-order chi connectivity index (χ1) is 9.67. The van der Waals surface area contributed by atoms with Crippen molar-refractivity contribution in [1.29, 1.82) is 0 Å². The summed E-state index contributed by atoms with van der Waals surface area (Å²) >= 11 is 0. The molecule has 120 valence electrons. The Balaban J connectivity index is 0.00000400. The van der Waals surface area contributed by atoms with Gasteiger partial charge in [0.2, 0.25) is 0 Å². The molecule has 0 aliphatic carbocycles. The molecular formula is C15H26IN3O2. The largest absolute Gasteiger partial charge is 0.504 e. The third-order valence-electron chi connectivity index (χ3n) is 3.01. The zero-order chi connectivity index (χ0) is 14.8. The Kier molecular flexibility index (Phi) is 10.8. The Morgan fingerprint density at radius 3 is 2.71 bits per heavy atom. The van der Waals surface area contributed by atoms with Crippen molar-refractivity contribution in [2.24, 2.45) is 10.7 Å². The number of nitrogens with zero attached hydrogens (tertiary/aromatic N) is 1. The van der Waals surface area contributed by atoms with Gasteiger partial charge in [-0.25, -0.2) is 4.99 Å². The summed E-state index contributed by atoms with van der Waals surface area (Å²) in [7, 11) is 1.52. The number of unbranched alkanes of at least 4 members (excludes halogenated alkanes) is 3. The van der Waals surface area contributed by atoms with Crippen LogP contribution in [0.3, 0.4) is 0 Å². The average Bonchev–Trinajstić information content (AvgIpc) is 2.45. The van der Waals surface area contributed by atoms with Crippen molar-refractivity contribution in [2.45, 2.75) is 39.2 Å². The van der Waals surface area contributed by atoms with Crippen molar-refractivity contribution in [3.8, 4) is 11.5 Å². The number of aromatic hydroxyl groups is 1. The Bertz CT molecular complexity index is 439. The molecule has 0 fully saturated rings. The lowest BCUT2D eigenvalue weighted by atomic mass is 10.2. The molecule has 21 heavy (non-hydrogen) atoms. The fourth-order valence-electron chi connectivity index (χ4n) is 1.83. The minimum Gasteiger partial charge on any atom is -0.504 e. The SMILES string of the molecule is CCCCCCNC(N)=NCc1ccc(OC)c(O)c1.I. The fourth-order valence-corrected chi connectivity index (χ4v) is 1.83. The number of nitrogens with one attached hydrogen (secondary N) is 1. The minimum absolute atomic E-state index is 0. The molecule has 4 N–H and O–H groups in total. The molecule has 0 aliphatic heterocycles. The summed E-state index contributed by atoms with van der Waals surface area (Å²) in [6, 6.07) is 5.21. The van der Waals surface area contributed by atoms with Crippen LogP contribution in [0.5, 0.6) is 11.5 Å². The molecule has 0 amide bonds. The standard InChI is InChI=1S/C15H25N3O2.HI/c1-3-4-5-6-9-17-15(16)18-11-12-7-8-14(20-2)13(19)10-12;/h7-8,10,19H,3-6,9,11H2,1-2H3,(H3,16,17,18);1H. The number of nitrogens with two attached hydrogens (primary N) is 1. The summed E-state index contributed by atoms with van der Waals surface area (Å²) in [5.41, 5.74) is 6.67. The molecule has 0 bridgehead atoms. The predicted molar refractivity (Wildman–Crippen MR) is 97.5 cm³/mol. The Labute approximate surface area is 144 Å². The highest BCUT2D eigenvalue weighted by atomic mass is 127. The zero-order valence-corrected chi connectivity index (χ0v) is 15.1. The van der Waals surface area contributed by atoms with Gasteiger partial charge in [-0.05, 0) is 24.1 Å². The topological polar surface area (TPSA) is 79.9 Å². The van der Waals surface area contributed by atoms with E-state index in [2.05, 4.69) is 17.2 Å². The number of hydrogen-bond donors (Lipinski definition) is 3. The minimum atomic E-state index is 0. The molecule has 0 aliphatic rings. The molecule has 1 aromatic carbocycles. The molecule has 1 rings (SSSR count). The lowest BCUT2D eigenvalue weighted by Crippen LogP contribution is -2.32. The molecule has 0 aromatic heterocycles. The Morgan fingerprint density at radius 2 is 2.10 bits per heavy atom. The van der Waals surface area contributed by atoms with Gasteiger partial charge in [0.15, 0.2) is 17.5 Å². The van der Waals surface area contributed by atoms with E-state index in [1.165, 1.54) is 26.4 Å². The summed E-state index contributed by atoms with van der Waals surface area (Å²) in [5, 5.41) is 12.7. The van der Waals surface area contributed by atoms with Crippen LogP contribution in [0.15, 0.2) is 23.2 Å². The van der Waals surface area contributed by atoms with Gasteiger partial charge in [-0.2, -0.15) is 0 Å². The molecular weight excluding hydrogens is 381 g/mol. The fraction of sp³-hybridized carbons (Fsp3) is 0.533. The number of methoxy groups -OCH3 is 1. The van der Waals surface area contributed by atoms with Crippen LogP contribution in [0.25, 0.3) is 0 Å². The third-order valence-corrected chi connectivity index (χ3v) is 3.01. The van der Waals surface area contributed by atoms with Crippen molar-refractivity contribution in [2.75, 3.05) is 13.7 Å². The first-order valence-corrected chi connectivity index (χ1v) is 7.07. The molecule has 0 heterocycles. The number of phenolic OH excluding ortho intramolecular Hbond substituents is 1. The molecule has 6 heteroatoms. The zero-order valence-electron chi connectivity index (χ0n) is 12.8. The molecule has 0 saturated carbocycles. The van der Waals surface area contributed by atoms with Gasteiger partial charge < -0.3 is 20.9 Å². The maximum Gasteiger partial charge on any atom is 0.188 e. The van der Waals surface area contributed by atoms with Gasteiger partial charge in [0.25, 0.3) is 0 Å². The molecule has 1 aromatic rings. The maximum atomic E-state index is 9.66. The second kappa shape index (κ2) is 11.5. The Hall–Kier alpha value is -1.18. The highest BCUT2D eigenvalue weighted by Gasteiger charge is 2.02.